The van der Waals surface area contributed by atoms with E-state index in [4.69, 9.17) is 27.9 Å². The summed E-state index contributed by atoms with van der Waals surface area (Å²) in [5, 5.41) is 17.9. The summed E-state index contributed by atoms with van der Waals surface area (Å²) in [6.07, 6.45) is 3.50. The van der Waals surface area contributed by atoms with Gasteiger partial charge in [-0.25, -0.2) is 0 Å². The van der Waals surface area contributed by atoms with Crippen LogP contribution < -0.4 is 15.4 Å². The van der Waals surface area contributed by atoms with Gasteiger partial charge in [0.05, 0.1) is 28.3 Å². The molecule has 1 amide bonds. The standard InChI is InChI=1S/C17H16Cl2N2O3S/c1-24-9-6-8(18)13(19)12(14(9)22)15-20-16(23)11-7-4-2-3-5-10(7)25-17(11)21-15/h6,15,21-22H,2-5H2,1H3,(H,20,23). The smallest absolute Gasteiger partial charge is 0.256 e. The topological polar surface area (TPSA) is 70.6 Å². The molecule has 0 radical (unpaired) electrons. The summed E-state index contributed by atoms with van der Waals surface area (Å²) >= 11 is 14.1. The highest BCUT2D eigenvalue weighted by molar-refractivity contribution is 7.16. The summed E-state index contributed by atoms with van der Waals surface area (Å²) in [5.74, 6) is -0.0938. The number of rotatable bonds is 2. The lowest BCUT2D eigenvalue weighted by Gasteiger charge is -2.28. The monoisotopic (exact) mass is 398 g/mol. The zero-order valence-electron chi connectivity index (χ0n) is 13.4. The normalized spacial score (nSPS) is 18.8. The van der Waals surface area contributed by atoms with E-state index >= 15 is 0 Å². The molecule has 1 aromatic heterocycles. The van der Waals surface area contributed by atoms with Crippen LogP contribution in [0.1, 0.15) is 45.4 Å². The van der Waals surface area contributed by atoms with Crippen molar-refractivity contribution in [2.24, 2.45) is 0 Å². The van der Waals surface area contributed by atoms with E-state index in [1.165, 1.54) is 18.1 Å². The molecule has 8 heteroatoms. The molecule has 5 nitrogen and oxygen atoms in total. The van der Waals surface area contributed by atoms with E-state index in [0.29, 0.717) is 5.56 Å². The molecule has 0 saturated carbocycles. The molecular formula is C17H16Cl2N2O3S. The highest BCUT2D eigenvalue weighted by Gasteiger charge is 2.34. The maximum atomic E-state index is 12.7. The molecule has 2 aliphatic rings. The van der Waals surface area contributed by atoms with Gasteiger partial charge in [0, 0.05) is 10.9 Å². The summed E-state index contributed by atoms with van der Waals surface area (Å²) < 4.78 is 5.14. The summed E-state index contributed by atoms with van der Waals surface area (Å²) in [7, 11) is 1.43. The average Bonchev–Trinajstić information content (AvgIpc) is 2.97. The molecule has 0 spiro atoms. The molecule has 0 saturated heterocycles. The SMILES string of the molecule is COc1cc(Cl)c(Cl)c(C2NC(=O)c3c(sc4c3CCCC4)N2)c1O. The van der Waals surface area contributed by atoms with Crippen LogP contribution in [0.3, 0.4) is 0 Å². The van der Waals surface area contributed by atoms with Crippen LogP contribution in [0.25, 0.3) is 0 Å². The first kappa shape index (κ1) is 16.8. The molecule has 2 aromatic rings. The van der Waals surface area contributed by atoms with Gasteiger partial charge >= 0.3 is 0 Å². The summed E-state index contributed by atoms with van der Waals surface area (Å²) in [4.78, 5) is 14.0. The number of carbonyl (C=O) groups is 1. The van der Waals surface area contributed by atoms with E-state index in [0.717, 1.165) is 41.8 Å². The second-order valence-corrected chi connectivity index (χ2v) is 7.99. The first-order valence-electron chi connectivity index (χ1n) is 7.98. The molecule has 25 heavy (non-hydrogen) atoms. The minimum Gasteiger partial charge on any atom is -0.504 e. The van der Waals surface area contributed by atoms with Gasteiger partial charge in [0.2, 0.25) is 0 Å². The van der Waals surface area contributed by atoms with Crippen molar-refractivity contribution < 1.29 is 14.6 Å². The molecule has 1 unspecified atom stereocenters. The molecule has 3 N–H and O–H groups in total. The molecular weight excluding hydrogens is 383 g/mol. The Hall–Kier alpha value is -1.63. The van der Waals surface area contributed by atoms with Crippen LogP contribution in [0.2, 0.25) is 10.0 Å². The molecule has 4 rings (SSSR count). The Balaban J connectivity index is 1.79. The third kappa shape index (κ3) is 2.63. The van der Waals surface area contributed by atoms with Crippen molar-refractivity contribution in [2.45, 2.75) is 31.8 Å². The molecule has 1 aliphatic carbocycles. The number of phenols is 1. The molecule has 2 heterocycles. The van der Waals surface area contributed by atoms with Crippen LogP contribution in [0, 0.1) is 0 Å². The largest absolute Gasteiger partial charge is 0.504 e. The van der Waals surface area contributed by atoms with Gasteiger partial charge in [0.15, 0.2) is 11.5 Å². The van der Waals surface area contributed by atoms with E-state index in [9.17, 15) is 9.90 Å². The predicted octanol–water partition coefficient (Wildman–Crippen LogP) is 4.50. The summed E-state index contributed by atoms with van der Waals surface area (Å²) in [6.45, 7) is 0. The number of aromatic hydroxyl groups is 1. The molecule has 0 bridgehead atoms. The van der Waals surface area contributed by atoms with Crippen LogP contribution in [-0.2, 0) is 12.8 Å². The Labute approximate surface area is 158 Å². The van der Waals surface area contributed by atoms with Gasteiger partial charge in [0.25, 0.3) is 5.91 Å². The Bertz CT molecular complexity index is 882. The van der Waals surface area contributed by atoms with Crippen LogP contribution in [0.4, 0.5) is 5.00 Å². The van der Waals surface area contributed by atoms with Gasteiger partial charge in [-0.2, -0.15) is 0 Å². The number of hydrogen-bond acceptors (Lipinski definition) is 5. The highest BCUT2D eigenvalue weighted by atomic mass is 35.5. The number of nitrogens with one attached hydrogen (secondary N) is 2. The number of benzene rings is 1. The minimum absolute atomic E-state index is 0.139. The fourth-order valence-corrected chi connectivity index (χ4v) is 5.22. The zero-order valence-corrected chi connectivity index (χ0v) is 15.7. The maximum absolute atomic E-state index is 12.7. The first-order valence-corrected chi connectivity index (χ1v) is 9.55. The molecule has 1 aromatic carbocycles. The van der Waals surface area contributed by atoms with E-state index in [1.54, 1.807) is 11.3 Å². The average molecular weight is 399 g/mol. The summed E-state index contributed by atoms with van der Waals surface area (Å²) in [6, 6.07) is 1.45. The Kier molecular flexibility index (Phi) is 4.22. The van der Waals surface area contributed by atoms with Gasteiger partial charge in [0.1, 0.15) is 11.2 Å². The van der Waals surface area contributed by atoms with Gasteiger partial charge in [-0.05, 0) is 31.2 Å². The highest BCUT2D eigenvalue weighted by Crippen LogP contribution is 2.47. The third-order valence-electron chi connectivity index (χ3n) is 4.65. The number of thiophene rings is 1. The van der Waals surface area contributed by atoms with Gasteiger partial charge in [-0.3, -0.25) is 4.79 Å². The van der Waals surface area contributed by atoms with Crippen molar-refractivity contribution in [2.75, 3.05) is 12.4 Å². The van der Waals surface area contributed by atoms with Crippen LogP contribution in [0.5, 0.6) is 11.5 Å². The molecule has 132 valence electrons. The number of halogens is 2. The Morgan fingerprint density at radius 2 is 2.04 bits per heavy atom. The molecule has 0 fully saturated rings. The number of amides is 1. The van der Waals surface area contributed by atoms with Crippen molar-refractivity contribution in [3.05, 3.63) is 37.7 Å². The molecule has 1 atom stereocenters. The Morgan fingerprint density at radius 1 is 1.28 bits per heavy atom. The van der Waals surface area contributed by atoms with Crippen molar-refractivity contribution in [3.8, 4) is 11.5 Å². The third-order valence-corrected chi connectivity index (χ3v) is 6.68. The lowest BCUT2D eigenvalue weighted by Crippen LogP contribution is -2.38. The van der Waals surface area contributed by atoms with Gasteiger partial charge in [-0.15, -0.1) is 11.3 Å². The van der Waals surface area contributed by atoms with E-state index in [1.807, 2.05) is 0 Å². The fourth-order valence-electron chi connectivity index (χ4n) is 3.45. The number of ether oxygens (including phenoxy) is 1. The zero-order chi connectivity index (χ0) is 17.7. The van der Waals surface area contributed by atoms with Crippen LogP contribution in [0.15, 0.2) is 6.07 Å². The van der Waals surface area contributed by atoms with Gasteiger partial charge < -0.3 is 20.5 Å². The quantitative estimate of drug-likeness (QED) is 0.696. The maximum Gasteiger partial charge on any atom is 0.256 e. The van der Waals surface area contributed by atoms with E-state index in [-0.39, 0.29) is 27.5 Å². The predicted molar refractivity (Wildman–Crippen MR) is 99.5 cm³/mol. The lowest BCUT2D eigenvalue weighted by atomic mass is 9.94. The number of fused-ring (bicyclic) bond motifs is 3. The van der Waals surface area contributed by atoms with Crippen molar-refractivity contribution in [1.29, 1.82) is 0 Å². The number of aryl methyl sites for hydroxylation is 1. The number of carbonyl (C=O) groups excluding carboxylic acids is 1. The number of anilines is 1. The fraction of sp³-hybridized carbons (Fsp3) is 0.353. The van der Waals surface area contributed by atoms with Crippen molar-refractivity contribution >= 4 is 45.4 Å². The summed E-state index contributed by atoms with van der Waals surface area (Å²) in [5.41, 5.74) is 2.17. The van der Waals surface area contributed by atoms with E-state index < -0.39 is 6.17 Å². The molecule has 1 aliphatic heterocycles. The lowest BCUT2D eigenvalue weighted by molar-refractivity contribution is 0.0935. The van der Waals surface area contributed by atoms with Crippen LogP contribution >= 0.6 is 34.5 Å². The van der Waals surface area contributed by atoms with Crippen molar-refractivity contribution in [1.82, 2.24) is 5.32 Å². The second-order valence-electron chi connectivity index (χ2n) is 6.10. The van der Waals surface area contributed by atoms with Crippen molar-refractivity contribution in [3.63, 3.8) is 0 Å². The number of hydrogen-bond donors (Lipinski definition) is 3. The van der Waals surface area contributed by atoms with Crippen LogP contribution in [-0.4, -0.2) is 18.1 Å². The second kappa shape index (κ2) is 6.27. The Morgan fingerprint density at radius 3 is 2.80 bits per heavy atom. The first-order chi connectivity index (χ1) is 12.0. The minimum atomic E-state index is -0.680. The van der Waals surface area contributed by atoms with Gasteiger partial charge in [-0.1, -0.05) is 23.2 Å². The number of phenolic OH excluding ortho intramolecular Hbond substituents is 1. The van der Waals surface area contributed by atoms with E-state index in [2.05, 4.69) is 10.6 Å². The number of methoxy groups -OCH3 is 1.